The summed E-state index contributed by atoms with van der Waals surface area (Å²) in [7, 11) is 0. The largest absolute Gasteiger partial charge is 0.480 e. The number of carboxylic acid groups (broad SMARTS) is 1. The zero-order valence-electron chi connectivity index (χ0n) is 10.7. The Morgan fingerprint density at radius 1 is 1.47 bits per heavy atom. The first-order valence-electron chi connectivity index (χ1n) is 6.03. The van der Waals surface area contributed by atoms with Crippen molar-refractivity contribution in [3.05, 3.63) is 42.0 Å². The molecular formula is C14H16N2O3. The maximum absolute atomic E-state index is 12.1. The number of para-hydroxylation sites is 1. The third kappa shape index (κ3) is 2.59. The monoisotopic (exact) mass is 260 g/mol. The summed E-state index contributed by atoms with van der Waals surface area (Å²) in [6.45, 7) is 5.84. The van der Waals surface area contributed by atoms with Crippen molar-refractivity contribution < 1.29 is 14.7 Å². The molecule has 1 aromatic carbocycles. The fourth-order valence-corrected chi connectivity index (χ4v) is 2.15. The Bertz CT molecular complexity index is 539. The Kier molecular flexibility index (Phi) is 3.55. The van der Waals surface area contributed by atoms with Gasteiger partial charge in [0.05, 0.1) is 0 Å². The molecule has 2 N–H and O–H groups in total. The molecular weight excluding hydrogens is 244 g/mol. The maximum Gasteiger partial charge on any atom is 0.327 e. The second-order valence-corrected chi connectivity index (χ2v) is 4.67. The zero-order valence-corrected chi connectivity index (χ0v) is 10.7. The Labute approximate surface area is 111 Å². The summed E-state index contributed by atoms with van der Waals surface area (Å²) in [5.41, 5.74) is 2.35. The average Bonchev–Trinajstić information content (AvgIpc) is 2.75. The molecule has 5 nitrogen and oxygen atoms in total. The average molecular weight is 260 g/mol. The summed E-state index contributed by atoms with van der Waals surface area (Å²) in [6.07, 6.45) is 0.339. The molecule has 19 heavy (non-hydrogen) atoms. The Morgan fingerprint density at radius 2 is 2.16 bits per heavy atom. The van der Waals surface area contributed by atoms with E-state index >= 15 is 0 Å². The number of benzene rings is 1. The van der Waals surface area contributed by atoms with Gasteiger partial charge in [0.1, 0.15) is 6.04 Å². The quantitative estimate of drug-likeness (QED) is 0.814. The van der Waals surface area contributed by atoms with Crippen LogP contribution in [0.2, 0.25) is 0 Å². The Morgan fingerprint density at radius 3 is 2.79 bits per heavy atom. The van der Waals surface area contributed by atoms with E-state index in [4.69, 9.17) is 0 Å². The van der Waals surface area contributed by atoms with Gasteiger partial charge in [-0.15, -0.1) is 0 Å². The molecule has 0 saturated heterocycles. The van der Waals surface area contributed by atoms with Gasteiger partial charge in [0.2, 0.25) is 0 Å². The van der Waals surface area contributed by atoms with E-state index in [-0.39, 0.29) is 0 Å². The number of hydrogen-bond donors (Lipinski definition) is 2. The molecule has 0 saturated carbocycles. The molecule has 1 atom stereocenters. The highest BCUT2D eigenvalue weighted by atomic mass is 16.4. The van der Waals surface area contributed by atoms with Crippen molar-refractivity contribution in [3.63, 3.8) is 0 Å². The number of anilines is 1. The number of urea groups is 1. The summed E-state index contributed by atoms with van der Waals surface area (Å²) in [5, 5.41) is 11.9. The molecule has 0 spiro atoms. The van der Waals surface area contributed by atoms with Gasteiger partial charge in [0.15, 0.2) is 0 Å². The molecule has 1 aromatic rings. The highest BCUT2D eigenvalue weighted by Gasteiger charge is 2.38. The minimum absolute atomic E-state index is 0.337. The molecule has 100 valence electrons. The third-order valence-electron chi connectivity index (χ3n) is 3.02. The van der Waals surface area contributed by atoms with E-state index in [0.717, 1.165) is 11.1 Å². The van der Waals surface area contributed by atoms with E-state index < -0.39 is 18.0 Å². The van der Waals surface area contributed by atoms with Crippen LogP contribution in [0, 0.1) is 0 Å². The summed E-state index contributed by atoms with van der Waals surface area (Å²) < 4.78 is 0. The van der Waals surface area contributed by atoms with Crippen LogP contribution >= 0.6 is 0 Å². The van der Waals surface area contributed by atoms with E-state index in [9.17, 15) is 14.7 Å². The SMILES string of the molecule is C=C(C)CNC(=O)N1c2ccccc2C[C@H]1C(=O)O. The standard InChI is InChI=1S/C14H16N2O3/c1-9(2)8-15-14(19)16-11-6-4-3-5-10(11)7-12(16)13(17)18/h3-6,12H,1,7-8H2,2H3,(H,15,19)(H,17,18)/t12-/m0/s1. The number of carboxylic acids is 1. The molecule has 1 aliphatic rings. The molecule has 0 radical (unpaired) electrons. The maximum atomic E-state index is 12.1. The number of nitrogens with one attached hydrogen (secondary N) is 1. The molecule has 0 bridgehead atoms. The lowest BCUT2D eigenvalue weighted by molar-refractivity contribution is -0.138. The molecule has 0 fully saturated rings. The number of carbonyl (C=O) groups is 2. The first kappa shape index (κ1) is 13.1. The van der Waals surface area contributed by atoms with E-state index in [2.05, 4.69) is 11.9 Å². The highest BCUT2D eigenvalue weighted by molar-refractivity contribution is 6.01. The molecule has 0 aromatic heterocycles. The van der Waals surface area contributed by atoms with Crippen molar-refractivity contribution in [2.45, 2.75) is 19.4 Å². The minimum atomic E-state index is -0.998. The molecule has 2 amide bonds. The predicted octanol–water partition coefficient (Wildman–Crippen LogP) is 1.79. The van der Waals surface area contributed by atoms with Crippen molar-refractivity contribution in [3.8, 4) is 0 Å². The van der Waals surface area contributed by atoms with Crippen LogP contribution in [0.3, 0.4) is 0 Å². The van der Waals surface area contributed by atoms with Crippen LogP contribution in [0.1, 0.15) is 12.5 Å². The Balaban J connectivity index is 2.26. The molecule has 0 unspecified atom stereocenters. The van der Waals surface area contributed by atoms with Gasteiger partial charge >= 0.3 is 12.0 Å². The van der Waals surface area contributed by atoms with E-state index in [0.29, 0.717) is 18.7 Å². The summed E-state index contributed by atoms with van der Waals surface area (Å²) >= 11 is 0. The number of amides is 2. The van der Waals surface area contributed by atoms with E-state index in [1.165, 1.54) is 4.90 Å². The smallest absolute Gasteiger partial charge is 0.327 e. The lowest BCUT2D eigenvalue weighted by atomic mass is 10.1. The van der Waals surface area contributed by atoms with Crippen LogP contribution in [0.15, 0.2) is 36.4 Å². The molecule has 2 rings (SSSR count). The van der Waals surface area contributed by atoms with Crippen LogP contribution < -0.4 is 10.2 Å². The fraction of sp³-hybridized carbons (Fsp3) is 0.286. The Hall–Kier alpha value is -2.30. The molecule has 5 heteroatoms. The lowest BCUT2D eigenvalue weighted by Crippen LogP contribution is -2.48. The van der Waals surface area contributed by atoms with Gasteiger partial charge in [0, 0.05) is 18.7 Å². The van der Waals surface area contributed by atoms with Crippen molar-refractivity contribution >= 4 is 17.7 Å². The first-order chi connectivity index (χ1) is 9.00. The number of fused-ring (bicyclic) bond motifs is 1. The van der Waals surface area contributed by atoms with Crippen LogP contribution in [-0.2, 0) is 11.2 Å². The summed E-state index contributed by atoms with van der Waals surface area (Å²) in [6, 6.07) is 5.99. The van der Waals surface area contributed by atoms with Gasteiger partial charge in [-0.1, -0.05) is 30.4 Å². The van der Waals surface area contributed by atoms with Crippen LogP contribution in [0.25, 0.3) is 0 Å². The fourth-order valence-electron chi connectivity index (χ4n) is 2.15. The normalized spacial score (nSPS) is 16.9. The topological polar surface area (TPSA) is 69.6 Å². The van der Waals surface area contributed by atoms with Gasteiger partial charge in [-0.05, 0) is 18.6 Å². The van der Waals surface area contributed by atoms with Crippen LogP contribution in [-0.4, -0.2) is 29.7 Å². The lowest BCUT2D eigenvalue weighted by Gasteiger charge is -2.23. The number of carbonyl (C=O) groups excluding carboxylic acids is 1. The second-order valence-electron chi connectivity index (χ2n) is 4.67. The van der Waals surface area contributed by atoms with Gasteiger partial charge in [-0.3, -0.25) is 4.90 Å². The van der Waals surface area contributed by atoms with Crippen molar-refractivity contribution in [1.82, 2.24) is 5.32 Å². The van der Waals surface area contributed by atoms with Gasteiger partial charge in [-0.25, -0.2) is 9.59 Å². The second kappa shape index (κ2) is 5.14. The van der Waals surface area contributed by atoms with E-state index in [1.54, 1.807) is 19.1 Å². The number of hydrogen-bond acceptors (Lipinski definition) is 2. The predicted molar refractivity (Wildman–Crippen MR) is 72.3 cm³/mol. The summed E-state index contributed by atoms with van der Waals surface area (Å²) in [4.78, 5) is 24.7. The number of aliphatic carboxylic acids is 1. The molecule has 0 aliphatic carbocycles. The minimum Gasteiger partial charge on any atom is -0.480 e. The zero-order chi connectivity index (χ0) is 14.0. The summed E-state index contributed by atoms with van der Waals surface area (Å²) in [5.74, 6) is -0.998. The van der Waals surface area contributed by atoms with E-state index in [1.807, 2.05) is 12.1 Å². The van der Waals surface area contributed by atoms with Crippen LogP contribution in [0.5, 0.6) is 0 Å². The van der Waals surface area contributed by atoms with Crippen molar-refractivity contribution in [2.24, 2.45) is 0 Å². The molecule has 1 heterocycles. The highest BCUT2D eigenvalue weighted by Crippen LogP contribution is 2.32. The third-order valence-corrected chi connectivity index (χ3v) is 3.02. The van der Waals surface area contributed by atoms with Gasteiger partial charge < -0.3 is 10.4 Å². The van der Waals surface area contributed by atoms with Gasteiger partial charge in [-0.2, -0.15) is 0 Å². The van der Waals surface area contributed by atoms with Gasteiger partial charge in [0.25, 0.3) is 0 Å². The number of nitrogens with zero attached hydrogens (tertiary/aromatic N) is 1. The molecule has 1 aliphatic heterocycles. The first-order valence-corrected chi connectivity index (χ1v) is 6.03. The van der Waals surface area contributed by atoms with Crippen molar-refractivity contribution in [1.29, 1.82) is 0 Å². The van der Waals surface area contributed by atoms with Crippen molar-refractivity contribution in [2.75, 3.05) is 11.4 Å². The number of rotatable bonds is 3. The van der Waals surface area contributed by atoms with Crippen LogP contribution in [0.4, 0.5) is 10.5 Å².